The number of nitrogens with one attached hydrogen (secondary N) is 2. The Hall–Kier alpha value is -2.57. The Bertz CT molecular complexity index is 787. The molecular formula is C29H49N3O4. The molecule has 0 heterocycles. The maximum atomic E-state index is 13.5. The fraction of sp³-hybridized carbons (Fsp3) is 0.690. The molecule has 0 bridgehead atoms. The number of carbonyl (C=O) groups is 3. The van der Waals surface area contributed by atoms with Crippen LogP contribution in [0.25, 0.3) is 0 Å². The topological polar surface area (TPSA) is 87.7 Å². The van der Waals surface area contributed by atoms with Crippen molar-refractivity contribution in [2.75, 3.05) is 19.6 Å². The minimum absolute atomic E-state index is 0.186. The van der Waals surface area contributed by atoms with Gasteiger partial charge >= 0.3 is 6.09 Å². The molecule has 1 aromatic carbocycles. The maximum absolute atomic E-state index is 13.5. The van der Waals surface area contributed by atoms with Crippen molar-refractivity contribution in [3.63, 3.8) is 0 Å². The molecule has 0 saturated heterocycles. The zero-order valence-corrected chi connectivity index (χ0v) is 23.5. The lowest BCUT2D eigenvalue weighted by molar-refractivity contribution is -0.140. The second-order valence-electron chi connectivity index (χ2n) is 10.4. The Morgan fingerprint density at radius 2 is 1.47 bits per heavy atom. The zero-order valence-electron chi connectivity index (χ0n) is 23.5. The predicted molar refractivity (Wildman–Crippen MR) is 146 cm³/mol. The van der Waals surface area contributed by atoms with Gasteiger partial charge in [-0.2, -0.15) is 0 Å². The first-order valence-electron chi connectivity index (χ1n) is 13.8. The van der Waals surface area contributed by atoms with Gasteiger partial charge in [-0.15, -0.1) is 0 Å². The van der Waals surface area contributed by atoms with Gasteiger partial charge in [-0.05, 0) is 51.2 Å². The number of hydrogen-bond donors (Lipinski definition) is 2. The Morgan fingerprint density at radius 3 is 2.06 bits per heavy atom. The number of rotatable bonds is 16. The average molecular weight is 504 g/mol. The molecular weight excluding hydrogens is 454 g/mol. The molecule has 1 atom stereocenters. The lowest BCUT2D eigenvalue weighted by Gasteiger charge is -2.32. The van der Waals surface area contributed by atoms with Gasteiger partial charge in [0.1, 0.15) is 18.2 Å². The Morgan fingerprint density at radius 1 is 0.861 bits per heavy atom. The molecule has 3 amide bonds. The molecule has 36 heavy (non-hydrogen) atoms. The number of alkyl carbamates (subject to hydrolysis) is 1. The van der Waals surface area contributed by atoms with Crippen LogP contribution in [-0.2, 0) is 20.7 Å². The summed E-state index contributed by atoms with van der Waals surface area (Å²) in [5, 5.41) is 5.61. The van der Waals surface area contributed by atoms with Gasteiger partial charge < -0.3 is 20.3 Å². The van der Waals surface area contributed by atoms with Crippen LogP contribution in [0.3, 0.4) is 0 Å². The van der Waals surface area contributed by atoms with Crippen LogP contribution >= 0.6 is 0 Å². The number of hydrogen-bond acceptors (Lipinski definition) is 4. The molecule has 0 aliphatic heterocycles. The van der Waals surface area contributed by atoms with E-state index in [0.29, 0.717) is 13.1 Å². The smallest absolute Gasteiger partial charge is 0.408 e. The van der Waals surface area contributed by atoms with Gasteiger partial charge in [0.2, 0.25) is 11.8 Å². The first-order valence-corrected chi connectivity index (χ1v) is 13.8. The first kappa shape index (κ1) is 31.5. The number of amides is 3. The van der Waals surface area contributed by atoms with Crippen molar-refractivity contribution >= 4 is 17.9 Å². The molecule has 1 unspecified atom stereocenters. The summed E-state index contributed by atoms with van der Waals surface area (Å²) in [5.41, 5.74) is 1.29. The summed E-state index contributed by atoms with van der Waals surface area (Å²) in [7, 11) is 0. The van der Waals surface area contributed by atoms with Crippen LogP contribution in [0.4, 0.5) is 4.79 Å². The van der Waals surface area contributed by atoms with E-state index >= 15 is 0 Å². The summed E-state index contributed by atoms with van der Waals surface area (Å²) in [5.74, 6) is -0.487. The summed E-state index contributed by atoms with van der Waals surface area (Å²) in [4.78, 5) is 40.7. The normalized spacial score (nSPS) is 12.1. The van der Waals surface area contributed by atoms with Crippen LogP contribution in [-0.4, -0.2) is 48.0 Å². The molecule has 0 aliphatic carbocycles. The standard InChI is InChI=1S/C29H49N3O4/c1-7-10-12-13-15-21-32(25(33)22-31-28(35)36-29(4,5)6)26(27(34)30-20-14-11-8-2)24-18-16-23(9-3)17-19-24/h16-19,26H,7-15,20-22H2,1-6H3,(H,30,34)(H,31,35). The van der Waals surface area contributed by atoms with E-state index in [9.17, 15) is 14.4 Å². The molecule has 1 aromatic rings. The van der Waals surface area contributed by atoms with Crippen molar-refractivity contribution in [1.29, 1.82) is 0 Å². The molecule has 0 saturated carbocycles. The summed E-state index contributed by atoms with van der Waals surface area (Å²) >= 11 is 0. The molecule has 0 aliphatic rings. The van der Waals surface area contributed by atoms with Crippen molar-refractivity contribution in [3.8, 4) is 0 Å². The average Bonchev–Trinajstić information content (AvgIpc) is 2.83. The second kappa shape index (κ2) is 17.0. The highest BCUT2D eigenvalue weighted by molar-refractivity contribution is 5.90. The quantitative estimate of drug-likeness (QED) is 0.274. The van der Waals surface area contributed by atoms with Gasteiger partial charge in [0.15, 0.2) is 0 Å². The van der Waals surface area contributed by atoms with Crippen molar-refractivity contribution in [2.24, 2.45) is 0 Å². The van der Waals surface area contributed by atoms with Crippen molar-refractivity contribution in [1.82, 2.24) is 15.5 Å². The lowest BCUT2D eigenvalue weighted by Crippen LogP contribution is -2.48. The van der Waals surface area contributed by atoms with Crippen LogP contribution < -0.4 is 10.6 Å². The van der Waals surface area contributed by atoms with Crippen LogP contribution in [0.1, 0.15) is 110 Å². The van der Waals surface area contributed by atoms with Crippen LogP contribution in [0.5, 0.6) is 0 Å². The van der Waals surface area contributed by atoms with Crippen molar-refractivity contribution < 1.29 is 19.1 Å². The summed E-state index contributed by atoms with van der Waals surface area (Å²) in [6, 6.07) is 7.14. The Kier molecular flexibility index (Phi) is 14.8. The maximum Gasteiger partial charge on any atom is 0.408 e. The molecule has 0 spiro atoms. The van der Waals surface area contributed by atoms with E-state index in [-0.39, 0.29) is 18.4 Å². The minimum atomic E-state index is -0.753. The highest BCUT2D eigenvalue weighted by atomic mass is 16.6. The Balaban J connectivity index is 3.14. The monoisotopic (exact) mass is 503 g/mol. The van der Waals surface area contributed by atoms with E-state index in [1.54, 1.807) is 25.7 Å². The number of aryl methyl sites for hydroxylation is 1. The molecule has 204 valence electrons. The van der Waals surface area contributed by atoms with Gasteiger partial charge in [0.25, 0.3) is 0 Å². The number of benzene rings is 1. The fourth-order valence-corrected chi connectivity index (χ4v) is 3.94. The molecule has 0 fully saturated rings. The highest BCUT2D eigenvalue weighted by Crippen LogP contribution is 2.23. The van der Waals surface area contributed by atoms with E-state index in [1.165, 1.54) is 5.56 Å². The summed E-state index contributed by atoms with van der Waals surface area (Å²) < 4.78 is 5.29. The number of unbranched alkanes of at least 4 members (excludes halogenated alkanes) is 6. The fourth-order valence-electron chi connectivity index (χ4n) is 3.94. The molecule has 7 nitrogen and oxygen atoms in total. The third-order valence-electron chi connectivity index (χ3n) is 5.95. The van der Waals surface area contributed by atoms with Crippen LogP contribution in [0.15, 0.2) is 24.3 Å². The van der Waals surface area contributed by atoms with Crippen molar-refractivity contribution in [3.05, 3.63) is 35.4 Å². The summed E-state index contributed by atoms with van der Waals surface area (Å²) in [6.07, 6.45) is 8.40. The first-order chi connectivity index (χ1) is 17.1. The second-order valence-corrected chi connectivity index (χ2v) is 10.4. The summed E-state index contributed by atoms with van der Waals surface area (Å²) in [6.45, 7) is 12.5. The van der Waals surface area contributed by atoms with Gasteiger partial charge in [0.05, 0.1) is 0 Å². The molecule has 7 heteroatoms. The molecule has 0 aromatic heterocycles. The van der Waals surface area contributed by atoms with Gasteiger partial charge in [-0.25, -0.2) is 4.79 Å². The van der Waals surface area contributed by atoms with Gasteiger partial charge in [-0.1, -0.05) is 83.6 Å². The third-order valence-corrected chi connectivity index (χ3v) is 5.95. The van der Waals surface area contributed by atoms with Gasteiger partial charge in [0, 0.05) is 13.1 Å². The van der Waals surface area contributed by atoms with Crippen LogP contribution in [0.2, 0.25) is 0 Å². The van der Waals surface area contributed by atoms with E-state index in [2.05, 4.69) is 31.4 Å². The lowest BCUT2D eigenvalue weighted by atomic mass is 10.0. The Labute approximate surface area is 218 Å². The van der Waals surface area contributed by atoms with E-state index < -0.39 is 17.7 Å². The number of carbonyl (C=O) groups excluding carboxylic acids is 3. The third kappa shape index (κ3) is 12.4. The minimum Gasteiger partial charge on any atom is -0.444 e. The van der Waals surface area contributed by atoms with E-state index in [4.69, 9.17) is 4.74 Å². The zero-order chi connectivity index (χ0) is 27.0. The highest BCUT2D eigenvalue weighted by Gasteiger charge is 2.31. The predicted octanol–water partition coefficient (Wildman–Crippen LogP) is 5.92. The van der Waals surface area contributed by atoms with E-state index in [1.807, 2.05) is 24.3 Å². The molecule has 1 rings (SSSR count). The largest absolute Gasteiger partial charge is 0.444 e. The van der Waals surface area contributed by atoms with E-state index in [0.717, 1.165) is 63.4 Å². The molecule has 0 radical (unpaired) electrons. The number of nitrogens with zero attached hydrogens (tertiary/aromatic N) is 1. The van der Waals surface area contributed by atoms with Crippen LogP contribution in [0, 0.1) is 0 Å². The molecule has 2 N–H and O–H groups in total. The van der Waals surface area contributed by atoms with Gasteiger partial charge in [-0.3, -0.25) is 9.59 Å². The SMILES string of the molecule is CCCCCCCN(C(=O)CNC(=O)OC(C)(C)C)C(C(=O)NCCCCC)c1ccc(CC)cc1. The van der Waals surface area contributed by atoms with Crippen molar-refractivity contribution in [2.45, 2.75) is 111 Å². The number of ether oxygens (including phenoxy) is 1.